The largest absolute Gasteiger partial charge is 0.368 e. The molecule has 0 saturated carbocycles. The Kier molecular flexibility index (Phi) is 1.68. The van der Waals surface area contributed by atoms with Crippen LogP contribution in [-0.4, -0.2) is 15.7 Å². The summed E-state index contributed by atoms with van der Waals surface area (Å²) >= 11 is 0. The van der Waals surface area contributed by atoms with Crippen LogP contribution in [0.1, 0.15) is 17.0 Å². The molecule has 0 fully saturated rings. The van der Waals surface area contributed by atoms with Crippen molar-refractivity contribution in [1.29, 1.82) is 5.41 Å². The number of hydrogen-bond acceptors (Lipinski definition) is 2. The lowest BCUT2D eigenvalue weighted by Gasteiger charge is -1.98. The third-order valence-corrected chi connectivity index (χ3v) is 1.88. The predicted molar refractivity (Wildman–Crippen MR) is 43.8 cm³/mol. The molecule has 0 aliphatic rings. The molecule has 0 unspecified atom stereocenters. The number of nitrogen functional groups attached to an aromatic ring is 1. The van der Waals surface area contributed by atoms with Gasteiger partial charge in [-0.25, -0.2) is 4.68 Å². The van der Waals surface area contributed by atoms with Crippen molar-refractivity contribution in [3.8, 4) is 0 Å². The minimum absolute atomic E-state index is 0.0290. The lowest BCUT2D eigenvalue weighted by molar-refractivity contribution is 0.863. The number of aromatic nitrogens is 2. The van der Waals surface area contributed by atoms with Crippen molar-refractivity contribution >= 4 is 5.96 Å². The van der Waals surface area contributed by atoms with E-state index in [1.807, 2.05) is 20.8 Å². The lowest BCUT2D eigenvalue weighted by atomic mass is 10.2. The summed E-state index contributed by atoms with van der Waals surface area (Å²) in [6.45, 7) is 5.77. The monoisotopic (exact) mass is 152 g/mol. The fourth-order valence-electron chi connectivity index (χ4n) is 0.955. The fourth-order valence-corrected chi connectivity index (χ4v) is 0.955. The van der Waals surface area contributed by atoms with Crippen LogP contribution < -0.4 is 5.73 Å². The van der Waals surface area contributed by atoms with Gasteiger partial charge in [0.25, 0.3) is 0 Å². The van der Waals surface area contributed by atoms with Crippen LogP contribution in [0.3, 0.4) is 0 Å². The van der Waals surface area contributed by atoms with Gasteiger partial charge in [0.2, 0.25) is 5.96 Å². The van der Waals surface area contributed by atoms with E-state index < -0.39 is 0 Å². The first-order valence-corrected chi connectivity index (χ1v) is 3.41. The van der Waals surface area contributed by atoms with Crippen LogP contribution in [0, 0.1) is 26.2 Å². The second kappa shape index (κ2) is 2.38. The molecule has 3 N–H and O–H groups in total. The van der Waals surface area contributed by atoms with Gasteiger partial charge in [-0.1, -0.05) is 0 Å². The molecule has 0 aliphatic carbocycles. The smallest absolute Gasteiger partial charge is 0.213 e. The molecule has 0 aromatic carbocycles. The summed E-state index contributed by atoms with van der Waals surface area (Å²) in [6.07, 6.45) is 0. The average Bonchev–Trinajstić information content (AvgIpc) is 2.17. The van der Waals surface area contributed by atoms with Crippen LogP contribution in [0.2, 0.25) is 0 Å². The Balaban J connectivity index is 3.29. The van der Waals surface area contributed by atoms with Crippen molar-refractivity contribution in [2.45, 2.75) is 20.8 Å². The minimum Gasteiger partial charge on any atom is -0.368 e. The minimum atomic E-state index is -0.0290. The van der Waals surface area contributed by atoms with E-state index in [1.165, 1.54) is 4.68 Å². The predicted octanol–water partition coefficient (Wildman–Crippen LogP) is 0.550. The van der Waals surface area contributed by atoms with E-state index in [4.69, 9.17) is 11.1 Å². The van der Waals surface area contributed by atoms with E-state index >= 15 is 0 Å². The Morgan fingerprint density at radius 3 is 2.18 bits per heavy atom. The standard InChI is InChI=1S/C7H12N4/c1-4-5(2)10-11(6(4)3)7(8)9/h1-3H3,(H3,8,9). The van der Waals surface area contributed by atoms with E-state index in [-0.39, 0.29) is 5.96 Å². The van der Waals surface area contributed by atoms with Crippen LogP contribution in [0.15, 0.2) is 0 Å². The molecule has 4 nitrogen and oxygen atoms in total. The van der Waals surface area contributed by atoms with Gasteiger partial charge >= 0.3 is 0 Å². The Morgan fingerprint density at radius 1 is 1.45 bits per heavy atom. The molecule has 1 heterocycles. The highest BCUT2D eigenvalue weighted by Crippen LogP contribution is 2.09. The van der Waals surface area contributed by atoms with Gasteiger partial charge in [-0.05, 0) is 26.3 Å². The third kappa shape index (κ3) is 1.11. The lowest BCUT2D eigenvalue weighted by Crippen LogP contribution is -2.23. The van der Waals surface area contributed by atoms with Crippen molar-refractivity contribution in [2.24, 2.45) is 5.73 Å². The maximum Gasteiger partial charge on any atom is 0.213 e. The first-order chi connectivity index (χ1) is 5.04. The summed E-state index contributed by atoms with van der Waals surface area (Å²) in [6, 6.07) is 0. The molecule has 60 valence electrons. The number of nitrogens with zero attached hydrogens (tertiary/aromatic N) is 2. The first-order valence-electron chi connectivity index (χ1n) is 3.41. The van der Waals surface area contributed by atoms with Crippen LogP contribution in [-0.2, 0) is 0 Å². The van der Waals surface area contributed by atoms with Gasteiger partial charge in [-0.2, -0.15) is 5.10 Å². The quantitative estimate of drug-likeness (QED) is 0.421. The van der Waals surface area contributed by atoms with Crippen molar-refractivity contribution < 1.29 is 0 Å². The van der Waals surface area contributed by atoms with Crippen molar-refractivity contribution in [2.75, 3.05) is 0 Å². The Hall–Kier alpha value is -1.32. The summed E-state index contributed by atoms with van der Waals surface area (Å²) in [4.78, 5) is 0. The molecule has 0 atom stereocenters. The summed E-state index contributed by atoms with van der Waals surface area (Å²) in [5.74, 6) is -0.0290. The first kappa shape index (κ1) is 7.78. The molecule has 1 aromatic heterocycles. The van der Waals surface area contributed by atoms with Crippen LogP contribution in [0.5, 0.6) is 0 Å². The van der Waals surface area contributed by atoms with E-state index in [0.717, 1.165) is 17.0 Å². The van der Waals surface area contributed by atoms with Crippen molar-refractivity contribution in [3.63, 3.8) is 0 Å². The Labute approximate surface area is 65.5 Å². The van der Waals surface area contributed by atoms with E-state index in [1.54, 1.807) is 0 Å². The zero-order chi connectivity index (χ0) is 8.59. The maximum atomic E-state index is 7.16. The molecule has 11 heavy (non-hydrogen) atoms. The molecule has 0 spiro atoms. The second-order valence-electron chi connectivity index (χ2n) is 2.59. The molecule has 1 rings (SSSR count). The van der Waals surface area contributed by atoms with Crippen molar-refractivity contribution in [1.82, 2.24) is 9.78 Å². The summed E-state index contributed by atoms with van der Waals surface area (Å²) in [7, 11) is 0. The Morgan fingerprint density at radius 2 is 2.00 bits per heavy atom. The maximum absolute atomic E-state index is 7.16. The zero-order valence-electron chi connectivity index (χ0n) is 6.97. The van der Waals surface area contributed by atoms with Crippen LogP contribution >= 0.6 is 0 Å². The molecule has 0 bridgehead atoms. The van der Waals surface area contributed by atoms with Crippen LogP contribution in [0.25, 0.3) is 0 Å². The highest BCUT2D eigenvalue weighted by molar-refractivity contribution is 5.77. The van der Waals surface area contributed by atoms with E-state index in [2.05, 4.69) is 5.10 Å². The van der Waals surface area contributed by atoms with Gasteiger partial charge in [-0.15, -0.1) is 0 Å². The Bertz CT molecular complexity index is 298. The van der Waals surface area contributed by atoms with Crippen molar-refractivity contribution in [3.05, 3.63) is 17.0 Å². The molecular formula is C7H12N4. The van der Waals surface area contributed by atoms with Crippen LogP contribution in [0.4, 0.5) is 0 Å². The van der Waals surface area contributed by atoms with Gasteiger partial charge in [0.15, 0.2) is 0 Å². The summed E-state index contributed by atoms with van der Waals surface area (Å²) < 4.78 is 1.44. The van der Waals surface area contributed by atoms with Gasteiger partial charge in [0.05, 0.1) is 5.69 Å². The van der Waals surface area contributed by atoms with Gasteiger partial charge in [0, 0.05) is 5.69 Å². The SMILES string of the molecule is Cc1nn(C(=N)N)c(C)c1C. The number of hydrogen-bond donors (Lipinski definition) is 2. The van der Waals surface area contributed by atoms with Gasteiger partial charge < -0.3 is 5.73 Å². The van der Waals surface area contributed by atoms with E-state index in [0.29, 0.717) is 0 Å². The molecule has 0 aliphatic heterocycles. The molecule has 0 saturated heterocycles. The topological polar surface area (TPSA) is 67.7 Å². The molecular weight excluding hydrogens is 140 g/mol. The molecule has 1 aromatic rings. The molecule has 4 heteroatoms. The zero-order valence-corrected chi connectivity index (χ0v) is 6.97. The average molecular weight is 152 g/mol. The number of nitrogens with one attached hydrogen (secondary N) is 1. The second-order valence-corrected chi connectivity index (χ2v) is 2.59. The molecule has 0 radical (unpaired) electrons. The number of nitrogens with two attached hydrogens (primary N) is 1. The normalized spacial score (nSPS) is 10.1. The summed E-state index contributed by atoms with van der Waals surface area (Å²) in [5.41, 5.74) is 8.25. The number of rotatable bonds is 0. The van der Waals surface area contributed by atoms with Gasteiger partial charge in [0.1, 0.15) is 0 Å². The highest BCUT2D eigenvalue weighted by Gasteiger charge is 2.07. The highest BCUT2D eigenvalue weighted by atomic mass is 15.3. The summed E-state index contributed by atoms with van der Waals surface area (Å²) in [5, 5.41) is 11.2. The fraction of sp³-hybridized carbons (Fsp3) is 0.429. The molecule has 0 amide bonds. The van der Waals surface area contributed by atoms with E-state index in [9.17, 15) is 0 Å². The van der Waals surface area contributed by atoms with Gasteiger partial charge in [-0.3, -0.25) is 5.41 Å². The third-order valence-electron chi connectivity index (χ3n) is 1.88. The number of aryl methyl sites for hydroxylation is 1.